The summed E-state index contributed by atoms with van der Waals surface area (Å²) in [5, 5.41) is 24.0. The number of amides is 1. The maximum absolute atomic E-state index is 13.4. The Hall–Kier alpha value is -4.39. The first-order valence-electron chi connectivity index (χ1n) is 18.1. The van der Waals surface area contributed by atoms with Crippen LogP contribution in [0.25, 0.3) is 0 Å². The van der Waals surface area contributed by atoms with Crippen molar-refractivity contribution in [1.29, 1.82) is 0 Å². The number of allylic oxidation sites excluding steroid dienone is 1. The van der Waals surface area contributed by atoms with Crippen molar-refractivity contribution in [3.8, 4) is 23.0 Å². The van der Waals surface area contributed by atoms with E-state index in [1.54, 1.807) is 38.2 Å². The molecule has 1 aliphatic heterocycles. The topological polar surface area (TPSA) is 146 Å². The van der Waals surface area contributed by atoms with Gasteiger partial charge in [-0.25, -0.2) is 4.79 Å². The molecule has 1 saturated carbocycles. The molecule has 0 unspecified atom stereocenters. The summed E-state index contributed by atoms with van der Waals surface area (Å²) in [6.45, 7) is 6.24. The van der Waals surface area contributed by atoms with E-state index in [0.29, 0.717) is 47.1 Å². The molecule has 52 heavy (non-hydrogen) atoms. The minimum Gasteiger partial charge on any atom is -0.496 e. The van der Waals surface area contributed by atoms with Gasteiger partial charge < -0.3 is 43.6 Å². The van der Waals surface area contributed by atoms with Gasteiger partial charge in [-0.1, -0.05) is 30.1 Å². The molecule has 0 spiro atoms. The Morgan fingerprint density at radius 1 is 1.08 bits per heavy atom. The SMILES string of the molecule is C=CCO[C@@]12Oc3ccc(Oc4ccc(OC)c(C=O)c4)cc3[C@H]3[C@H](CCCCO)[C@@H](CCCCO)C=C(C(=NOC)C[C@@H]1N(C)C(=O)OCC)[C@H]32. The van der Waals surface area contributed by atoms with E-state index in [9.17, 15) is 19.8 Å². The van der Waals surface area contributed by atoms with Gasteiger partial charge in [0.15, 0.2) is 6.29 Å². The molecule has 0 saturated heterocycles. The number of ether oxygens (including phenoxy) is 5. The van der Waals surface area contributed by atoms with Crippen LogP contribution in [0, 0.1) is 17.8 Å². The van der Waals surface area contributed by atoms with Crippen molar-refractivity contribution in [2.24, 2.45) is 22.9 Å². The zero-order chi connectivity index (χ0) is 37.3. The highest BCUT2D eigenvalue weighted by Gasteiger charge is 2.65. The number of hydrogen-bond donors (Lipinski definition) is 2. The summed E-state index contributed by atoms with van der Waals surface area (Å²) in [5.74, 6) is 0.183. The van der Waals surface area contributed by atoms with Crippen LogP contribution in [0.2, 0.25) is 0 Å². The molecule has 0 bridgehead atoms. The van der Waals surface area contributed by atoms with Gasteiger partial charge in [0.2, 0.25) is 5.79 Å². The van der Waals surface area contributed by atoms with E-state index >= 15 is 0 Å². The number of aliphatic hydroxyl groups is 2. The highest BCUT2D eigenvalue weighted by Crippen LogP contribution is 2.62. The van der Waals surface area contributed by atoms with E-state index in [1.807, 2.05) is 18.2 Å². The van der Waals surface area contributed by atoms with E-state index in [2.05, 4.69) is 17.8 Å². The Kier molecular flexibility index (Phi) is 13.4. The molecule has 2 aromatic rings. The lowest BCUT2D eigenvalue weighted by molar-refractivity contribution is -0.253. The number of methoxy groups -OCH3 is 1. The van der Waals surface area contributed by atoms with Crippen molar-refractivity contribution >= 4 is 18.1 Å². The van der Waals surface area contributed by atoms with Gasteiger partial charge in [-0.15, -0.1) is 6.58 Å². The number of oxime groups is 1. The van der Waals surface area contributed by atoms with Crippen LogP contribution in [0.15, 0.2) is 65.9 Å². The van der Waals surface area contributed by atoms with Crippen LogP contribution in [-0.2, 0) is 14.3 Å². The molecule has 1 fully saturated rings. The summed E-state index contributed by atoms with van der Waals surface area (Å²) in [6.07, 6.45) is 9.02. The fourth-order valence-electron chi connectivity index (χ4n) is 8.26. The molecule has 2 aromatic carbocycles. The molecule has 282 valence electrons. The highest BCUT2D eigenvalue weighted by atomic mass is 16.7. The van der Waals surface area contributed by atoms with E-state index in [-0.39, 0.29) is 50.6 Å². The molecule has 0 radical (unpaired) electrons. The molecule has 2 aliphatic carbocycles. The summed E-state index contributed by atoms with van der Waals surface area (Å²) in [7, 11) is 4.71. The number of fused-ring (bicyclic) bond motifs is 2. The van der Waals surface area contributed by atoms with E-state index in [4.69, 9.17) is 28.5 Å². The molecular formula is C40H52N2O10. The third kappa shape index (κ3) is 7.84. The standard InChI is InChI=1S/C40H52N2O10/c1-6-20-50-40-36(42(3)39(46)49-7-2)24-33(41-48-5)31-22-26(12-8-10-18-43)30(13-9-11-19-44)37(38(31)40)32-23-29(15-17-35(32)52-40)51-28-14-16-34(47-4)27(21-28)25-45/h6,14-17,21-23,25-26,30,36-38,43-44H,1,7-13,18-20,24H2,2-5H3/t26-,30+,36-,37+,38+,40+/m0/s1. The molecule has 0 aromatic heterocycles. The highest BCUT2D eigenvalue weighted by molar-refractivity contribution is 6.02. The van der Waals surface area contributed by atoms with Gasteiger partial charge in [-0.3, -0.25) is 4.79 Å². The van der Waals surface area contributed by atoms with Crippen molar-refractivity contribution < 1.29 is 48.3 Å². The molecule has 1 amide bonds. The number of carbonyl (C=O) groups excluding carboxylic acids is 2. The second kappa shape index (κ2) is 17.9. The molecule has 6 atom stereocenters. The first-order chi connectivity index (χ1) is 25.3. The minimum atomic E-state index is -1.37. The Balaban J connectivity index is 1.73. The van der Waals surface area contributed by atoms with Crippen molar-refractivity contribution in [1.82, 2.24) is 4.90 Å². The molecule has 12 nitrogen and oxygen atoms in total. The minimum absolute atomic E-state index is 0.0571. The van der Waals surface area contributed by atoms with Gasteiger partial charge >= 0.3 is 6.09 Å². The van der Waals surface area contributed by atoms with Gasteiger partial charge in [0.05, 0.1) is 37.5 Å². The van der Waals surface area contributed by atoms with Gasteiger partial charge in [0.25, 0.3) is 0 Å². The van der Waals surface area contributed by atoms with Crippen molar-refractivity contribution in [2.45, 2.75) is 69.6 Å². The Morgan fingerprint density at radius 3 is 2.48 bits per heavy atom. The lowest BCUT2D eigenvalue weighted by Gasteiger charge is -2.59. The second-order valence-electron chi connectivity index (χ2n) is 13.4. The Bertz CT molecular complexity index is 1630. The lowest BCUT2D eigenvalue weighted by Crippen LogP contribution is -2.69. The molecule has 12 heteroatoms. The average Bonchev–Trinajstić information content (AvgIpc) is 3.15. The maximum Gasteiger partial charge on any atom is 0.409 e. The zero-order valence-electron chi connectivity index (χ0n) is 30.6. The van der Waals surface area contributed by atoms with Crippen LogP contribution < -0.4 is 14.2 Å². The molecule has 1 heterocycles. The summed E-state index contributed by atoms with van der Waals surface area (Å²) >= 11 is 0. The van der Waals surface area contributed by atoms with Gasteiger partial charge in [0, 0.05) is 38.2 Å². The van der Waals surface area contributed by atoms with Crippen molar-refractivity contribution in [2.75, 3.05) is 47.7 Å². The number of rotatable bonds is 18. The van der Waals surface area contributed by atoms with Gasteiger partial charge in [0.1, 0.15) is 36.1 Å². The van der Waals surface area contributed by atoms with Crippen LogP contribution in [0.5, 0.6) is 23.0 Å². The summed E-state index contributed by atoms with van der Waals surface area (Å²) in [6, 6.07) is 10.1. The van der Waals surface area contributed by atoms with E-state index in [0.717, 1.165) is 43.1 Å². The van der Waals surface area contributed by atoms with Crippen LogP contribution in [0.3, 0.4) is 0 Å². The normalized spacial score (nSPS) is 25.2. The molecular weight excluding hydrogens is 668 g/mol. The largest absolute Gasteiger partial charge is 0.496 e. The van der Waals surface area contributed by atoms with E-state index < -0.39 is 23.8 Å². The number of hydrogen-bond acceptors (Lipinski definition) is 11. The number of aliphatic hydroxyl groups excluding tert-OH is 2. The number of nitrogens with zero attached hydrogens (tertiary/aromatic N) is 2. The first kappa shape index (κ1) is 38.8. The predicted molar refractivity (Wildman–Crippen MR) is 195 cm³/mol. The smallest absolute Gasteiger partial charge is 0.409 e. The number of likely N-dealkylation sites (N-methyl/N-ethyl adjacent to an activating group) is 1. The summed E-state index contributed by atoms with van der Waals surface area (Å²) in [5.41, 5.74) is 2.90. The van der Waals surface area contributed by atoms with Crippen molar-refractivity contribution in [3.63, 3.8) is 0 Å². The van der Waals surface area contributed by atoms with Crippen LogP contribution in [0.4, 0.5) is 4.79 Å². The predicted octanol–water partition coefficient (Wildman–Crippen LogP) is 6.65. The van der Waals surface area contributed by atoms with Crippen LogP contribution >= 0.6 is 0 Å². The third-order valence-electron chi connectivity index (χ3n) is 10.4. The summed E-state index contributed by atoms with van der Waals surface area (Å²) in [4.78, 5) is 32.2. The quantitative estimate of drug-likeness (QED) is 0.0743. The zero-order valence-corrected chi connectivity index (χ0v) is 30.6. The fourth-order valence-corrected chi connectivity index (χ4v) is 8.26. The number of benzene rings is 2. The third-order valence-corrected chi connectivity index (χ3v) is 10.4. The van der Waals surface area contributed by atoms with Crippen LogP contribution in [0.1, 0.15) is 73.7 Å². The average molecular weight is 721 g/mol. The number of aldehydes is 1. The van der Waals surface area contributed by atoms with Crippen LogP contribution in [-0.4, -0.2) is 92.7 Å². The molecule has 2 N–H and O–H groups in total. The maximum atomic E-state index is 13.4. The van der Waals surface area contributed by atoms with Gasteiger partial charge in [-0.2, -0.15) is 0 Å². The number of unbranched alkanes of at least 4 members (excludes halogenated alkanes) is 2. The number of carbonyl (C=O) groups is 2. The Labute approximate surface area is 306 Å². The first-order valence-corrected chi connectivity index (χ1v) is 18.1. The molecule has 5 rings (SSSR count). The summed E-state index contributed by atoms with van der Waals surface area (Å²) < 4.78 is 31.1. The van der Waals surface area contributed by atoms with Gasteiger partial charge in [-0.05, 0) is 86.4 Å². The lowest BCUT2D eigenvalue weighted by atomic mass is 9.55. The molecule has 3 aliphatic rings. The Morgan fingerprint density at radius 2 is 1.81 bits per heavy atom. The fraction of sp³-hybridized carbons (Fsp3) is 0.525. The monoisotopic (exact) mass is 720 g/mol. The second-order valence-corrected chi connectivity index (χ2v) is 13.4. The van der Waals surface area contributed by atoms with E-state index in [1.165, 1.54) is 19.1 Å². The van der Waals surface area contributed by atoms with Crippen molar-refractivity contribution in [3.05, 3.63) is 71.8 Å².